The van der Waals surface area contributed by atoms with Crippen LogP contribution < -0.4 is 10.6 Å². The Morgan fingerprint density at radius 3 is 2.63 bits per heavy atom. The fraction of sp³-hybridized carbons (Fsp3) is 0.130. The maximum Gasteiger partial charge on any atom is 0.229 e. The largest absolute Gasteiger partial charge is 0.444 e. The first-order valence-corrected chi connectivity index (χ1v) is 9.80. The van der Waals surface area contributed by atoms with Crippen molar-refractivity contribution < 1.29 is 4.42 Å². The number of hydrogen-bond donors (Lipinski definition) is 2. The van der Waals surface area contributed by atoms with Gasteiger partial charge >= 0.3 is 0 Å². The number of nitrogens with zero attached hydrogens (tertiary/aromatic N) is 4. The first-order valence-electron chi connectivity index (χ1n) is 9.80. The van der Waals surface area contributed by atoms with E-state index in [-0.39, 0.29) is 0 Å². The number of nitrogens with one attached hydrogen (secondary N) is 2. The molecule has 0 unspecified atom stereocenters. The van der Waals surface area contributed by atoms with Gasteiger partial charge in [0.2, 0.25) is 5.95 Å². The first-order chi connectivity index (χ1) is 14.8. The van der Waals surface area contributed by atoms with Crippen molar-refractivity contribution in [3.63, 3.8) is 0 Å². The van der Waals surface area contributed by atoms with Crippen molar-refractivity contribution in [2.45, 2.75) is 13.0 Å². The van der Waals surface area contributed by atoms with Crippen LogP contribution in [0.5, 0.6) is 0 Å². The summed E-state index contributed by atoms with van der Waals surface area (Å²) in [6, 6.07) is 18.1. The fourth-order valence-electron chi connectivity index (χ4n) is 3.35. The second-order valence-electron chi connectivity index (χ2n) is 6.95. The van der Waals surface area contributed by atoms with Crippen LogP contribution in [-0.2, 0) is 13.0 Å². The molecule has 0 saturated heterocycles. The van der Waals surface area contributed by atoms with Crippen molar-refractivity contribution in [3.8, 4) is 11.3 Å². The molecule has 2 aromatic heterocycles. The van der Waals surface area contributed by atoms with Gasteiger partial charge < -0.3 is 15.1 Å². The number of aliphatic imine (C=N–C) groups is 1. The Labute approximate surface area is 174 Å². The molecule has 148 valence electrons. The Bertz CT molecular complexity index is 1150. The SMILES string of the molecule is C1=NCCc2nc(Nc3ccc(-c4cnco4)cc3)nc(NCc3ccccc3)c21. The summed E-state index contributed by atoms with van der Waals surface area (Å²) in [6.07, 6.45) is 5.78. The Morgan fingerprint density at radius 1 is 0.967 bits per heavy atom. The molecule has 0 atom stereocenters. The Hall–Kier alpha value is -4.00. The molecule has 4 aromatic rings. The number of oxazole rings is 1. The van der Waals surface area contributed by atoms with Gasteiger partial charge in [0.05, 0.1) is 17.5 Å². The van der Waals surface area contributed by atoms with Crippen LogP contribution in [-0.4, -0.2) is 27.7 Å². The van der Waals surface area contributed by atoms with E-state index in [1.54, 1.807) is 6.20 Å². The number of anilines is 3. The summed E-state index contributed by atoms with van der Waals surface area (Å²) in [4.78, 5) is 17.8. The highest BCUT2D eigenvalue weighted by Gasteiger charge is 2.16. The van der Waals surface area contributed by atoms with Crippen molar-refractivity contribution in [1.29, 1.82) is 0 Å². The van der Waals surface area contributed by atoms with Gasteiger partial charge in [-0.3, -0.25) is 4.99 Å². The highest BCUT2D eigenvalue weighted by Crippen LogP contribution is 2.25. The molecule has 0 amide bonds. The average molecular weight is 396 g/mol. The standard InChI is InChI=1S/C23H20N6O/c1-2-4-16(5-3-1)12-26-22-19-13-24-11-10-20(19)28-23(29-22)27-18-8-6-17(7-9-18)21-14-25-15-30-21/h1-9,13-15H,10-12H2,(H2,26,27,28,29). The summed E-state index contributed by atoms with van der Waals surface area (Å²) in [5, 5.41) is 6.75. The predicted molar refractivity (Wildman–Crippen MR) is 117 cm³/mol. The van der Waals surface area contributed by atoms with Gasteiger partial charge in [-0.25, -0.2) is 9.97 Å². The van der Waals surface area contributed by atoms with Crippen molar-refractivity contribution in [3.05, 3.63) is 84.0 Å². The average Bonchev–Trinajstić information content (AvgIpc) is 3.34. The monoisotopic (exact) mass is 396 g/mol. The quantitative estimate of drug-likeness (QED) is 0.500. The van der Waals surface area contributed by atoms with E-state index in [1.807, 2.05) is 48.7 Å². The second-order valence-corrected chi connectivity index (χ2v) is 6.95. The molecule has 0 bridgehead atoms. The molecule has 1 aliphatic rings. The predicted octanol–water partition coefficient (Wildman–Crippen LogP) is 4.46. The molecule has 0 radical (unpaired) electrons. The van der Waals surface area contributed by atoms with Crippen LogP contribution in [0.25, 0.3) is 11.3 Å². The molecule has 3 heterocycles. The lowest BCUT2D eigenvalue weighted by Gasteiger charge is -2.17. The molecular formula is C23H20N6O. The third kappa shape index (κ3) is 3.91. The number of aromatic nitrogens is 3. The van der Waals surface area contributed by atoms with Crippen molar-refractivity contribution in [2.24, 2.45) is 4.99 Å². The molecule has 0 fully saturated rings. The summed E-state index contributed by atoms with van der Waals surface area (Å²) in [5.41, 5.74) is 5.01. The highest BCUT2D eigenvalue weighted by molar-refractivity contribution is 5.89. The summed E-state index contributed by atoms with van der Waals surface area (Å²) in [7, 11) is 0. The van der Waals surface area contributed by atoms with E-state index in [4.69, 9.17) is 14.4 Å². The van der Waals surface area contributed by atoms with Crippen LogP contribution in [0, 0.1) is 0 Å². The minimum Gasteiger partial charge on any atom is -0.444 e. The lowest BCUT2D eigenvalue weighted by Crippen LogP contribution is -2.14. The topological polar surface area (TPSA) is 88.2 Å². The van der Waals surface area contributed by atoms with E-state index >= 15 is 0 Å². The molecule has 0 spiro atoms. The number of benzene rings is 2. The smallest absolute Gasteiger partial charge is 0.229 e. The van der Waals surface area contributed by atoms with Crippen LogP contribution >= 0.6 is 0 Å². The van der Waals surface area contributed by atoms with E-state index in [0.29, 0.717) is 12.5 Å². The molecule has 2 N–H and O–H groups in total. The third-order valence-corrected chi connectivity index (χ3v) is 4.88. The van der Waals surface area contributed by atoms with Crippen LogP contribution in [0.1, 0.15) is 16.8 Å². The summed E-state index contributed by atoms with van der Waals surface area (Å²) in [5.74, 6) is 2.08. The highest BCUT2D eigenvalue weighted by atomic mass is 16.3. The lowest BCUT2D eigenvalue weighted by molar-refractivity contribution is 0.572. The fourth-order valence-corrected chi connectivity index (χ4v) is 3.35. The maximum atomic E-state index is 5.34. The van der Waals surface area contributed by atoms with Gasteiger partial charge in [-0.2, -0.15) is 4.98 Å². The number of rotatable bonds is 6. The minimum absolute atomic E-state index is 0.562. The van der Waals surface area contributed by atoms with Gasteiger partial charge in [0.15, 0.2) is 12.2 Å². The molecule has 5 rings (SSSR count). The molecular weight excluding hydrogens is 376 g/mol. The molecule has 7 nitrogen and oxygen atoms in total. The third-order valence-electron chi connectivity index (χ3n) is 4.88. The van der Waals surface area contributed by atoms with Crippen LogP contribution in [0.15, 0.2) is 76.6 Å². The molecule has 0 aliphatic carbocycles. The summed E-state index contributed by atoms with van der Waals surface area (Å²) < 4.78 is 5.34. The summed E-state index contributed by atoms with van der Waals surface area (Å²) in [6.45, 7) is 1.43. The van der Waals surface area contributed by atoms with Crippen molar-refractivity contribution in [1.82, 2.24) is 15.0 Å². The zero-order chi connectivity index (χ0) is 20.2. The molecule has 2 aromatic carbocycles. The van der Waals surface area contributed by atoms with Gasteiger partial charge in [-0.1, -0.05) is 30.3 Å². The van der Waals surface area contributed by atoms with Crippen LogP contribution in [0.3, 0.4) is 0 Å². The van der Waals surface area contributed by atoms with Gasteiger partial charge in [-0.15, -0.1) is 0 Å². The zero-order valence-corrected chi connectivity index (χ0v) is 16.2. The molecule has 1 aliphatic heterocycles. The van der Waals surface area contributed by atoms with E-state index < -0.39 is 0 Å². The molecule has 7 heteroatoms. The molecule has 0 saturated carbocycles. The van der Waals surface area contributed by atoms with Gasteiger partial charge in [-0.05, 0) is 29.8 Å². The van der Waals surface area contributed by atoms with Gasteiger partial charge in [0.1, 0.15) is 5.82 Å². The Kier molecular flexibility index (Phi) is 4.91. The first kappa shape index (κ1) is 18.1. The molecule has 30 heavy (non-hydrogen) atoms. The van der Waals surface area contributed by atoms with Gasteiger partial charge in [0.25, 0.3) is 0 Å². The van der Waals surface area contributed by atoms with Crippen molar-refractivity contribution >= 4 is 23.7 Å². The van der Waals surface area contributed by atoms with Crippen molar-refractivity contribution in [2.75, 3.05) is 17.2 Å². The lowest BCUT2D eigenvalue weighted by atomic mass is 10.1. The van der Waals surface area contributed by atoms with Crippen LogP contribution in [0.2, 0.25) is 0 Å². The zero-order valence-electron chi connectivity index (χ0n) is 16.2. The maximum absolute atomic E-state index is 5.34. The second kappa shape index (κ2) is 8.16. The van der Waals surface area contributed by atoms with E-state index in [1.165, 1.54) is 12.0 Å². The van der Waals surface area contributed by atoms with Gasteiger partial charge in [0, 0.05) is 37.0 Å². The number of fused-ring (bicyclic) bond motifs is 1. The van der Waals surface area contributed by atoms with Crippen LogP contribution in [0.4, 0.5) is 17.5 Å². The Morgan fingerprint density at radius 2 is 1.83 bits per heavy atom. The van der Waals surface area contributed by atoms with E-state index in [9.17, 15) is 0 Å². The normalized spacial score (nSPS) is 12.4. The van der Waals surface area contributed by atoms with E-state index in [0.717, 1.165) is 47.1 Å². The minimum atomic E-state index is 0.562. The Balaban J connectivity index is 1.39. The van der Waals surface area contributed by atoms with E-state index in [2.05, 4.69) is 32.7 Å². The number of hydrogen-bond acceptors (Lipinski definition) is 7. The summed E-state index contributed by atoms with van der Waals surface area (Å²) >= 11 is 0.